The Hall–Kier alpha value is -3.87. The van der Waals surface area contributed by atoms with Crippen molar-refractivity contribution in [1.82, 2.24) is 4.98 Å². The summed E-state index contributed by atoms with van der Waals surface area (Å²) in [5.74, 6) is 0.734. The number of aryl methyl sites for hydroxylation is 1. The van der Waals surface area contributed by atoms with Gasteiger partial charge in [-0.3, -0.25) is 4.98 Å². The molecule has 0 saturated carbocycles. The largest absolute Gasteiger partial charge is 0.497 e. The molecule has 2 heterocycles. The molecule has 0 fully saturated rings. The topological polar surface area (TPSA) is 87.9 Å². The first-order chi connectivity index (χ1) is 14.5. The highest BCUT2D eigenvalue weighted by molar-refractivity contribution is 5.95. The van der Waals surface area contributed by atoms with Crippen molar-refractivity contribution in [2.75, 3.05) is 14.2 Å². The van der Waals surface area contributed by atoms with Crippen molar-refractivity contribution < 1.29 is 23.4 Å². The molecule has 0 aliphatic carbocycles. The Kier molecular flexibility index (Phi) is 5.10. The summed E-state index contributed by atoms with van der Waals surface area (Å²) in [6.45, 7) is 1.67. The van der Waals surface area contributed by atoms with Crippen LogP contribution in [0.1, 0.15) is 21.6 Å². The van der Waals surface area contributed by atoms with E-state index in [0.29, 0.717) is 39.3 Å². The molecule has 0 radical (unpaired) electrons. The number of hydrogen-bond acceptors (Lipinski definition) is 7. The summed E-state index contributed by atoms with van der Waals surface area (Å²) in [5, 5.41) is 1.47. The van der Waals surface area contributed by atoms with Gasteiger partial charge in [0.15, 0.2) is 0 Å². The summed E-state index contributed by atoms with van der Waals surface area (Å²) in [7, 11) is 3.12. The molecule has 0 aliphatic rings. The van der Waals surface area contributed by atoms with Gasteiger partial charge in [-0.05, 0) is 37.3 Å². The molecule has 0 atom stereocenters. The predicted octanol–water partition coefficient (Wildman–Crippen LogP) is 4.02. The highest BCUT2D eigenvalue weighted by Crippen LogP contribution is 2.25. The minimum absolute atomic E-state index is 0.0760. The number of pyridine rings is 1. The molecule has 0 unspecified atom stereocenters. The number of benzene rings is 2. The fraction of sp³-hybridized carbons (Fsp3) is 0.174. The first-order valence-corrected chi connectivity index (χ1v) is 9.22. The van der Waals surface area contributed by atoms with E-state index in [9.17, 15) is 9.59 Å². The van der Waals surface area contributed by atoms with Crippen LogP contribution in [-0.4, -0.2) is 25.2 Å². The molecule has 2 aromatic heterocycles. The van der Waals surface area contributed by atoms with Gasteiger partial charge in [-0.1, -0.05) is 0 Å². The van der Waals surface area contributed by atoms with Crippen molar-refractivity contribution in [2.45, 2.75) is 13.5 Å². The van der Waals surface area contributed by atoms with Crippen LogP contribution in [0.3, 0.4) is 0 Å². The van der Waals surface area contributed by atoms with Gasteiger partial charge in [0.05, 0.1) is 31.0 Å². The third kappa shape index (κ3) is 3.69. The van der Waals surface area contributed by atoms with Crippen LogP contribution in [0, 0.1) is 6.92 Å². The van der Waals surface area contributed by atoms with Gasteiger partial charge in [-0.15, -0.1) is 0 Å². The number of ether oxygens (including phenoxy) is 3. The van der Waals surface area contributed by atoms with Crippen molar-refractivity contribution in [3.8, 4) is 11.5 Å². The Morgan fingerprint density at radius 3 is 2.50 bits per heavy atom. The van der Waals surface area contributed by atoms with Crippen LogP contribution in [0.25, 0.3) is 21.9 Å². The van der Waals surface area contributed by atoms with E-state index in [4.69, 9.17) is 18.6 Å². The third-order valence-corrected chi connectivity index (χ3v) is 4.83. The monoisotopic (exact) mass is 405 g/mol. The zero-order valence-corrected chi connectivity index (χ0v) is 16.7. The van der Waals surface area contributed by atoms with E-state index in [2.05, 4.69) is 4.98 Å². The lowest BCUT2D eigenvalue weighted by Gasteiger charge is -2.10. The lowest BCUT2D eigenvalue weighted by molar-refractivity contribution is 0.0472. The summed E-state index contributed by atoms with van der Waals surface area (Å²) in [6, 6.07) is 13.6. The number of carbonyl (C=O) groups excluding carboxylic acids is 1. The zero-order valence-electron chi connectivity index (χ0n) is 16.7. The van der Waals surface area contributed by atoms with Crippen molar-refractivity contribution in [3.05, 3.63) is 75.8 Å². The van der Waals surface area contributed by atoms with Crippen LogP contribution in [-0.2, 0) is 11.3 Å². The van der Waals surface area contributed by atoms with Crippen LogP contribution in [0.5, 0.6) is 11.5 Å². The quantitative estimate of drug-likeness (QED) is 0.366. The average molecular weight is 405 g/mol. The van der Waals surface area contributed by atoms with Gasteiger partial charge in [0, 0.05) is 34.5 Å². The van der Waals surface area contributed by atoms with Crippen molar-refractivity contribution in [2.24, 2.45) is 0 Å². The fourth-order valence-corrected chi connectivity index (χ4v) is 3.25. The smallest absolute Gasteiger partial charge is 0.340 e. The molecule has 0 bridgehead atoms. The van der Waals surface area contributed by atoms with Crippen LogP contribution < -0.4 is 15.1 Å². The van der Waals surface area contributed by atoms with Crippen molar-refractivity contribution in [1.29, 1.82) is 0 Å². The fourth-order valence-electron chi connectivity index (χ4n) is 3.25. The van der Waals surface area contributed by atoms with Crippen LogP contribution in [0.2, 0.25) is 0 Å². The van der Waals surface area contributed by atoms with Crippen LogP contribution in [0.4, 0.5) is 0 Å². The standard InChI is InChI=1S/C23H19NO6/c1-13-19(8-14-4-5-16(27-2)10-20(14)24-13)23(26)29-12-15-9-22(25)30-21-11-17(28-3)6-7-18(15)21/h4-11H,12H2,1-3H3. The van der Waals surface area contributed by atoms with E-state index in [1.165, 1.54) is 13.2 Å². The second-order valence-electron chi connectivity index (χ2n) is 6.71. The maximum absolute atomic E-state index is 12.7. The lowest BCUT2D eigenvalue weighted by atomic mass is 10.1. The van der Waals surface area contributed by atoms with E-state index >= 15 is 0 Å². The first kappa shape index (κ1) is 19.4. The first-order valence-electron chi connectivity index (χ1n) is 9.22. The Labute approximate surface area is 171 Å². The molecule has 0 saturated heterocycles. The molecule has 7 nitrogen and oxygen atoms in total. The number of esters is 1. The maximum atomic E-state index is 12.7. The summed E-state index contributed by atoms with van der Waals surface area (Å²) in [6.07, 6.45) is 0. The third-order valence-electron chi connectivity index (χ3n) is 4.83. The minimum atomic E-state index is -0.528. The molecule has 7 heteroatoms. The maximum Gasteiger partial charge on any atom is 0.340 e. The lowest BCUT2D eigenvalue weighted by Crippen LogP contribution is -2.10. The van der Waals surface area contributed by atoms with Crippen LogP contribution in [0.15, 0.2) is 57.7 Å². The summed E-state index contributed by atoms with van der Waals surface area (Å²) >= 11 is 0. The highest BCUT2D eigenvalue weighted by atomic mass is 16.5. The van der Waals surface area contributed by atoms with E-state index in [-0.39, 0.29) is 6.61 Å². The molecule has 0 spiro atoms. The molecule has 4 rings (SSSR count). The molecule has 0 aliphatic heterocycles. The molecule has 30 heavy (non-hydrogen) atoms. The Morgan fingerprint density at radius 1 is 1.00 bits per heavy atom. The second-order valence-corrected chi connectivity index (χ2v) is 6.71. The number of hydrogen-bond donors (Lipinski definition) is 0. The second kappa shape index (κ2) is 7.87. The molecular formula is C23H19NO6. The van der Waals surface area contributed by atoms with Gasteiger partial charge in [0.2, 0.25) is 0 Å². The van der Waals surface area contributed by atoms with Crippen molar-refractivity contribution in [3.63, 3.8) is 0 Å². The van der Waals surface area contributed by atoms with E-state index in [1.807, 2.05) is 6.07 Å². The highest BCUT2D eigenvalue weighted by Gasteiger charge is 2.15. The van der Waals surface area contributed by atoms with E-state index in [0.717, 1.165) is 10.9 Å². The van der Waals surface area contributed by atoms with Gasteiger partial charge in [0.1, 0.15) is 23.7 Å². The number of fused-ring (bicyclic) bond motifs is 2. The van der Waals surface area contributed by atoms with Gasteiger partial charge in [0.25, 0.3) is 0 Å². The van der Waals surface area contributed by atoms with Gasteiger partial charge in [-0.25, -0.2) is 9.59 Å². The van der Waals surface area contributed by atoms with E-state index in [1.54, 1.807) is 50.4 Å². The molecule has 4 aromatic rings. The van der Waals surface area contributed by atoms with Gasteiger partial charge < -0.3 is 18.6 Å². The summed E-state index contributed by atoms with van der Waals surface area (Å²) < 4.78 is 21.1. The average Bonchev–Trinajstić information content (AvgIpc) is 2.75. The predicted molar refractivity (Wildman–Crippen MR) is 111 cm³/mol. The van der Waals surface area contributed by atoms with E-state index < -0.39 is 11.6 Å². The number of carbonyl (C=O) groups is 1. The Morgan fingerprint density at radius 2 is 1.73 bits per heavy atom. The Bertz CT molecular complexity index is 1320. The molecule has 0 N–H and O–H groups in total. The van der Waals surface area contributed by atoms with Gasteiger partial charge in [-0.2, -0.15) is 0 Å². The van der Waals surface area contributed by atoms with Gasteiger partial charge >= 0.3 is 11.6 Å². The number of aromatic nitrogens is 1. The summed E-state index contributed by atoms with van der Waals surface area (Å²) in [5.41, 5.74) is 2.02. The van der Waals surface area contributed by atoms with Crippen molar-refractivity contribution >= 4 is 27.8 Å². The minimum Gasteiger partial charge on any atom is -0.497 e. The Balaban J connectivity index is 1.62. The molecular weight excluding hydrogens is 386 g/mol. The van der Waals surface area contributed by atoms with Crippen LogP contribution >= 0.6 is 0 Å². The molecule has 2 aromatic carbocycles. The normalized spacial score (nSPS) is 10.9. The number of nitrogens with zero attached hydrogens (tertiary/aromatic N) is 1. The number of methoxy groups -OCH3 is 2. The zero-order chi connectivity index (χ0) is 21.3. The summed E-state index contributed by atoms with van der Waals surface area (Å²) in [4.78, 5) is 29.1. The SMILES string of the molecule is COc1ccc2cc(C(=O)OCc3cc(=O)oc4cc(OC)ccc34)c(C)nc2c1. The molecule has 152 valence electrons. The molecule has 0 amide bonds. The number of rotatable bonds is 5.